The SMILES string of the molecule is Cc1ncsc1C(=O)NCc1ccc(C=CC(=O)O)cc1. The summed E-state index contributed by atoms with van der Waals surface area (Å²) in [6.07, 6.45) is 2.61. The highest BCUT2D eigenvalue weighted by Crippen LogP contribution is 2.12. The van der Waals surface area contributed by atoms with Gasteiger partial charge in [-0.3, -0.25) is 4.79 Å². The standard InChI is InChI=1S/C15H14N2O3S/c1-10-14(21-9-17-10)15(20)16-8-12-4-2-11(3-5-12)6-7-13(18)19/h2-7,9H,8H2,1H3,(H,16,20)(H,18,19). The predicted molar refractivity (Wildman–Crippen MR) is 81.1 cm³/mol. The largest absolute Gasteiger partial charge is 0.478 e. The van der Waals surface area contributed by atoms with Crippen molar-refractivity contribution in [3.05, 3.63) is 57.6 Å². The number of amides is 1. The number of carboxylic acid groups (broad SMARTS) is 1. The lowest BCUT2D eigenvalue weighted by Crippen LogP contribution is -2.22. The van der Waals surface area contributed by atoms with E-state index in [1.807, 2.05) is 12.1 Å². The zero-order chi connectivity index (χ0) is 15.2. The molecular weight excluding hydrogens is 288 g/mol. The van der Waals surface area contributed by atoms with Crippen LogP contribution in [-0.4, -0.2) is 22.0 Å². The first-order valence-corrected chi connectivity index (χ1v) is 7.12. The number of hydrogen-bond acceptors (Lipinski definition) is 4. The first-order chi connectivity index (χ1) is 10.1. The van der Waals surface area contributed by atoms with Crippen LogP contribution in [0.15, 0.2) is 35.9 Å². The van der Waals surface area contributed by atoms with Crippen LogP contribution in [0.4, 0.5) is 0 Å². The number of carbonyl (C=O) groups is 2. The minimum absolute atomic E-state index is 0.134. The molecule has 6 heteroatoms. The summed E-state index contributed by atoms with van der Waals surface area (Å²) in [5.74, 6) is -1.11. The van der Waals surface area contributed by atoms with Crippen molar-refractivity contribution in [1.29, 1.82) is 0 Å². The van der Waals surface area contributed by atoms with Crippen molar-refractivity contribution in [2.24, 2.45) is 0 Å². The minimum Gasteiger partial charge on any atom is -0.478 e. The number of aryl methyl sites for hydroxylation is 1. The number of thiazole rings is 1. The Hall–Kier alpha value is -2.47. The van der Waals surface area contributed by atoms with Crippen LogP contribution in [0.3, 0.4) is 0 Å². The Morgan fingerprint density at radius 3 is 2.62 bits per heavy atom. The van der Waals surface area contributed by atoms with Crippen molar-refractivity contribution in [3.8, 4) is 0 Å². The van der Waals surface area contributed by atoms with Crippen LogP contribution in [0.1, 0.15) is 26.5 Å². The molecule has 0 saturated carbocycles. The predicted octanol–water partition coefficient (Wildman–Crippen LogP) is 2.48. The Bertz CT molecular complexity index is 674. The second-order valence-electron chi connectivity index (χ2n) is 4.36. The molecule has 108 valence electrons. The van der Waals surface area contributed by atoms with E-state index in [2.05, 4.69) is 10.3 Å². The van der Waals surface area contributed by atoms with E-state index in [1.54, 1.807) is 24.6 Å². The molecular formula is C15H14N2O3S. The van der Waals surface area contributed by atoms with Gasteiger partial charge in [-0.25, -0.2) is 9.78 Å². The summed E-state index contributed by atoms with van der Waals surface area (Å²) in [6, 6.07) is 7.31. The number of nitrogens with zero attached hydrogens (tertiary/aromatic N) is 1. The topological polar surface area (TPSA) is 79.3 Å². The molecule has 0 saturated heterocycles. The van der Waals surface area contributed by atoms with Gasteiger partial charge in [0.2, 0.25) is 0 Å². The molecule has 0 radical (unpaired) electrons. The van der Waals surface area contributed by atoms with Gasteiger partial charge >= 0.3 is 5.97 Å². The molecule has 5 nitrogen and oxygen atoms in total. The molecule has 0 unspecified atom stereocenters. The average molecular weight is 302 g/mol. The molecule has 1 aromatic heterocycles. The molecule has 0 atom stereocenters. The number of nitrogens with one attached hydrogen (secondary N) is 1. The number of rotatable bonds is 5. The maximum absolute atomic E-state index is 11.9. The van der Waals surface area contributed by atoms with Gasteiger partial charge in [0.15, 0.2) is 0 Å². The van der Waals surface area contributed by atoms with Gasteiger partial charge in [0, 0.05) is 12.6 Å². The molecule has 1 amide bonds. The maximum atomic E-state index is 11.9. The lowest BCUT2D eigenvalue weighted by atomic mass is 10.1. The third-order valence-corrected chi connectivity index (χ3v) is 3.73. The van der Waals surface area contributed by atoms with Crippen molar-refractivity contribution >= 4 is 29.3 Å². The normalized spacial score (nSPS) is 10.7. The fourth-order valence-corrected chi connectivity index (χ4v) is 2.42. The number of aliphatic carboxylic acids is 1. The molecule has 0 spiro atoms. The maximum Gasteiger partial charge on any atom is 0.328 e. The van der Waals surface area contributed by atoms with Gasteiger partial charge in [-0.2, -0.15) is 0 Å². The van der Waals surface area contributed by atoms with Crippen LogP contribution >= 0.6 is 11.3 Å². The smallest absolute Gasteiger partial charge is 0.328 e. The van der Waals surface area contributed by atoms with E-state index in [0.717, 1.165) is 22.9 Å². The van der Waals surface area contributed by atoms with Gasteiger partial charge < -0.3 is 10.4 Å². The number of aromatic nitrogens is 1. The van der Waals surface area contributed by atoms with Crippen molar-refractivity contribution in [3.63, 3.8) is 0 Å². The third-order valence-electron chi connectivity index (χ3n) is 2.80. The van der Waals surface area contributed by atoms with Crippen molar-refractivity contribution in [2.45, 2.75) is 13.5 Å². The molecule has 1 heterocycles. The van der Waals surface area contributed by atoms with Crippen molar-refractivity contribution in [2.75, 3.05) is 0 Å². The summed E-state index contributed by atoms with van der Waals surface area (Å²) in [7, 11) is 0. The minimum atomic E-state index is -0.980. The van der Waals surface area contributed by atoms with Crippen molar-refractivity contribution in [1.82, 2.24) is 10.3 Å². The lowest BCUT2D eigenvalue weighted by Gasteiger charge is -2.04. The molecule has 2 aromatic rings. The number of hydrogen-bond donors (Lipinski definition) is 2. The molecule has 0 aliphatic rings. The average Bonchev–Trinajstić information content (AvgIpc) is 2.90. The first kappa shape index (κ1) is 14.9. The zero-order valence-corrected chi connectivity index (χ0v) is 12.2. The Morgan fingerprint density at radius 1 is 1.33 bits per heavy atom. The highest BCUT2D eigenvalue weighted by molar-refractivity contribution is 7.11. The van der Waals surface area contributed by atoms with E-state index >= 15 is 0 Å². The van der Waals surface area contributed by atoms with E-state index < -0.39 is 5.97 Å². The molecule has 2 rings (SSSR count). The fraction of sp³-hybridized carbons (Fsp3) is 0.133. The Labute approximate surface area is 126 Å². The van der Waals surface area contributed by atoms with Crippen LogP contribution in [0.2, 0.25) is 0 Å². The molecule has 2 N–H and O–H groups in total. The fourth-order valence-electron chi connectivity index (χ4n) is 1.70. The highest BCUT2D eigenvalue weighted by atomic mass is 32.1. The molecule has 21 heavy (non-hydrogen) atoms. The molecule has 0 bridgehead atoms. The van der Waals surface area contributed by atoms with Crippen LogP contribution in [0.5, 0.6) is 0 Å². The van der Waals surface area contributed by atoms with E-state index in [1.165, 1.54) is 17.4 Å². The third kappa shape index (κ3) is 4.25. The highest BCUT2D eigenvalue weighted by Gasteiger charge is 2.10. The summed E-state index contributed by atoms with van der Waals surface area (Å²) in [5, 5.41) is 11.4. The molecule has 0 aliphatic carbocycles. The lowest BCUT2D eigenvalue weighted by molar-refractivity contribution is -0.131. The van der Waals surface area contributed by atoms with Gasteiger partial charge in [-0.1, -0.05) is 24.3 Å². The quantitative estimate of drug-likeness (QED) is 0.832. The summed E-state index contributed by atoms with van der Waals surface area (Å²) in [6.45, 7) is 2.22. The zero-order valence-electron chi connectivity index (χ0n) is 11.4. The van der Waals surface area contributed by atoms with Gasteiger partial charge in [0.1, 0.15) is 4.88 Å². The van der Waals surface area contributed by atoms with Crippen molar-refractivity contribution < 1.29 is 14.7 Å². The molecule has 0 fully saturated rings. The van der Waals surface area contributed by atoms with Gasteiger partial charge in [0.25, 0.3) is 5.91 Å². The van der Waals surface area contributed by atoms with Gasteiger partial charge in [-0.15, -0.1) is 11.3 Å². The second kappa shape index (κ2) is 6.81. The summed E-state index contributed by atoms with van der Waals surface area (Å²) < 4.78 is 0. The Balaban J connectivity index is 1.93. The Morgan fingerprint density at radius 2 is 2.05 bits per heavy atom. The van der Waals surface area contributed by atoms with Gasteiger partial charge in [-0.05, 0) is 24.1 Å². The summed E-state index contributed by atoms with van der Waals surface area (Å²) in [4.78, 5) is 27.0. The number of carbonyl (C=O) groups excluding carboxylic acids is 1. The van der Waals surface area contributed by atoms with Gasteiger partial charge in [0.05, 0.1) is 11.2 Å². The van der Waals surface area contributed by atoms with Crippen LogP contribution in [-0.2, 0) is 11.3 Å². The summed E-state index contributed by atoms with van der Waals surface area (Å²) >= 11 is 1.32. The van der Waals surface area contributed by atoms with E-state index in [9.17, 15) is 9.59 Å². The van der Waals surface area contributed by atoms with E-state index in [0.29, 0.717) is 11.4 Å². The van der Waals surface area contributed by atoms with Crippen LogP contribution in [0, 0.1) is 6.92 Å². The number of benzene rings is 1. The Kier molecular flexibility index (Phi) is 4.84. The monoisotopic (exact) mass is 302 g/mol. The second-order valence-corrected chi connectivity index (χ2v) is 5.22. The molecule has 0 aliphatic heterocycles. The number of carboxylic acids is 1. The first-order valence-electron chi connectivity index (χ1n) is 6.24. The van der Waals surface area contributed by atoms with Crippen LogP contribution < -0.4 is 5.32 Å². The van der Waals surface area contributed by atoms with Crippen LogP contribution in [0.25, 0.3) is 6.08 Å². The molecule has 1 aromatic carbocycles. The van der Waals surface area contributed by atoms with E-state index in [-0.39, 0.29) is 5.91 Å². The van der Waals surface area contributed by atoms with E-state index in [4.69, 9.17) is 5.11 Å². The summed E-state index contributed by atoms with van der Waals surface area (Å²) in [5.41, 5.74) is 4.11.